The Balaban J connectivity index is 1.69. The molecule has 1 aliphatic rings. The molecule has 1 aliphatic heterocycles. The highest BCUT2D eigenvalue weighted by atomic mass is 16.7. The van der Waals surface area contributed by atoms with Gasteiger partial charge in [0.1, 0.15) is 5.82 Å². The minimum atomic E-state index is -0.388. The van der Waals surface area contributed by atoms with E-state index < -0.39 is 0 Å². The zero-order valence-corrected chi connectivity index (χ0v) is 12.2. The van der Waals surface area contributed by atoms with E-state index in [1.54, 1.807) is 6.08 Å². The van der Waals surface area contributed by atoms with E-state index in [1.165, 1.54) is 6.20 Å². The highest BCUT2D eigenvalue weighted by molar-refractivity contribution is 5.66. The molecule has 22 heavy (non-hydrogen) atoms. The van der Waals surface area contributed by atoms with Gasteiger partial charge in [-0.15, -0.1) is 0 Å². The number of rotatable bonds is 4. The van der Waals surface area contributed by atoms with Crippen molar-refractivity contribution in [2.24, 2.45) is 0 Å². The van der Waals surface area contributed by atoms with Crippen molar-refractivity contribution < 1.29 is 9.47 Å². The van der Waals surface area contributed by atoms with Crippen LogP contribution in [0.15, 0.2) is 41.3 Å². The first-order valence-electron chi connectivity index (χ1n) is 7.42. The van der Waals surface area contributed by atoms with Crippen LogP contribution in [0.4, 0.5) is 0 Å². The molecule has 1 aromatic carbocycles. The fourth-order valence-corrected chi connectivity index (χ4v) is 2.25. The van der Waals surface area contributed by atoms with Crippen molar-refractivity contribution in [3.8, 4) is 5.75 Å². The van der Waals surface area contributed by atoms with Crippen LogP contribution in [0.3, 0.4) is 0 Å². The van der Waals surface area contributed by atoms with Gasteiger partial charge in [-0.05, 0) is 24.5 Å². The molecule has 0 radical (unpaired) electrons. The van der Waals surface area contributed by atoms with E-state index >= 15 is 0 Å². The summed E-state index contributed by atoms with van der Waals surface area (Å²) in [6, 6.07) is 9.82. The van der Waals surface area contributed by atoms with Gasteiger partial charge in [0.2, 0.25) is 5.75 Å². The maximum atomic E-state index is 12.0. The van der Waals surface area contributed by atoms with Gasteiger partial charge in [0.15, 0.2) is 6.29 Å². The number of benzene rings is 1. The number of H-pyrrole nitrogens is 1. The lowest BCUT2D eigenvalue weighted by molar-refractivity contribution is -0.106. The molecule has 0 spiro atoms. The van der Waals surface area contributed by atoms with Crippen molar-refractivity contribution in [1.82, 2.24) is 9.97 Å². The summed E-state index contributed by atoms with van der Waals surface area (Å²) in [4.78, 5) is 18.9. The molecule has 1 aromatic heterocycles. The minimum Gasteiger partial charge on any atom is -0.458 e. The van der Waals surface area contributed by atoms with Crippen LogP contribution in [0, 0.1) is 0 Å². The van der Waals surface area contributed by atoms with Crippen LogP contribution in [0.1, 0.15) is 30.7 Å². The first kappa shape index (κ1) is 14.5. The standard InChI is InChI=1S/C17H18N2O3/c20-17-14(22-16-8-4-5-11-21-16)12-18-15(19-17)10-9-13-6-2-1-3-7-13/h1-3,6-7,9-10,12,16H,4-5,8,11H2,(H,18,19,20). The fourth-order valence-electron chi connectivity index (χ4n) is 2.25. The fraction of sp³-hybridized carbons (Fsp3) is 0.294. The van der Waals surface area contributed by atoms with E-state index in [-0.39, 0.29) is 17.6 Å². The van der Waals surface area contributed by atoms with Gasteiger partial charge in [0.25, 0.3) is 0 Å². The van der Waals surface area contributed by atoms with Gasteiger partial charge in [-0.2, -0.15) is 4.98 Å². The van der Waals surface area contributed by atoms with Crippen molar-refractivity contribution in [3.05, 3.63) is 58.3 Å². The quantitative estimate of drug-likeness (QED) is 0.942. The molecule has 1 saturated heterocycles. The van der Waals surface area contributed by atoms with Crippen LogP contribution in [-0.4, -0.2) is 22.9 Å². The number of nitrogens with zero attached hydrogens (tertiary/aromatic N) is 1. The van der Waals surface area contributed by atoms with Crippen LogP contribution in [0.25, 0.3) is 12.2 Å². The molecule has 0 saturated carbocycles. The summed E-state index contributed by atoms with van der Waals surface area (Å²) in [6.07, 6.45) is 7.74. The lowest BCUT2D eigenvalue weighted by Gasteiger charge is -2.22. The average Bonchev–Trinajstić information content (AvgIpc) is 2.57. The van der Waals surface area contributed by atoms with Crippen LogP contribution in [0.2, 0.25) is 0 Å². The Hall–Kier alpha value is -2.40. The SMILES string of the molecule is O=c1nc(C=Cc2ccccc2)[nH]cc1OC1CCCCO1. The molecule has 2 aromatic rings. The zero-order valence-electron chi connectivity index (χ0n) is 12.2. The number of aromatic amines is 1. The topological polar surface area (TPSA) is 64.2 Å². The van der Waals surface area contributed by atoms with Gasteiger partial charge < -0.3 is 14.5 Å². The third-order valence-electron chi connectivity index (χ3n) is 3.41. The predicted molar refractivity (Wildman–Crippen MR) is 84.4 cm³/mol. The van der Waals surface area contributed by atoms with Gasteiger partial charge in [-0.1, -0.05) is 36.4 Å². The third kappa shape index (κ3) is 3.83. The molecular formula is C17H18N2O3. The summed E-state index contributed by atoms with van der Waals surface area (Å²) < 4.78 is 11.0. The summed E-state index contributed by atoms with van der Waals surface area (Å²) in [7, 11) is 0. The van der Waals surface area contributed by atoms with Gasteiger partial charge in [0, 0.05) is 6.42 Å². The molecule has 5 nitrogen and oxygen atoms in total. The predicted octanol–water partition coefficient (Wildman–Crippen LogP) is 2.85. The van der Waals surface area contributed by atoms with E-state index in [1.807, 2.05) is 36.4 Å². The van der Waals surface area contributed by atoms with E-state index in [0.29, 0.717) is 12.4 Å². The lowest BCUT2D eigenvalue weighted by atomic mass is 10.2. The van der Waals surface area contributed by atoms with Crippen LogP contribution in [-0.2, 0) is 4.74 Å². The van der Waals surface area contributed by atoms with Crippen molar-refractivity contribution in [3.63, 3.8) is 0 Å². The Morgan fingerprint density at radius 2 is 2.09 bits per heavy atom. The van der Waals surface area contributed by atoms with Crippen LogP contribution in [0.5, 0.6) is 5.75 Å². The van der Waals surface area contributed by atoms with Gasteiger partial charge in [0.05, 0.1) is 12.8 Å². The molecule has 1 fully saturated rings. The molecule has 0 bridgehead atoms. The molecule has 5 heteroatoms. The summed E-state index contributed by atoms with van der Waals surface area (Å²) in [6.45, 7) is 0.675. The molecule has 3 rings (SSSR count). The average molecular weight is 298 g/mol. The Morgan fingerprint density at radius 1 is 1.23 bits per heavy atom. The monoisotopic (exact) mass is 298 g/mol. The molecule has 114 valence electrons. The number of hydrogen-bond acceptors (Lipinski definition) is 4. The molecule has 0 amide bonds. The number of nitrogens with one attached hydrogen (secondary N) is 1. The summed E-state index contributed by atoms with van der Waals surface area (Å²) in [5, 5.41) is 0. The van der Waals surface area contributed by atoms with E-state index in [9.17, 15) is 4.79 Å². The molecule has 2 heterocycles. The second-order valence-electron chi connectivity index (χ2n) is 5.11. The highest BCUT2D eigenvalue weighted by Crippen LogP contribution is 2.15. The Bertz CT molecular complexity index is 689. The molecule has 0 aliphatic carbocycles. The molecular weight excluding hydrogens is 280 g/mol. The molecule has 1 unspecified atom stereocenters. The minimum absolute atomic E-state index is 0.198. The second-order valence-corrected chi connectivity index (χ2v) is 5.11. The van der Waals surface area contributed by atoms with Gasteiger partial charge in [-0.3, -0.25) is 4.79 Å². The number of ether oxygens (including phenoxy) is 2. The number of hydrogen-bond donors (Lipinski definition) is 1. The largest absolute Gasteiger partial charge is 0.458 e. The maximum absolute atomic E-state index is 12.0. The van der Waals surface area contributed by atoms with Crippen molar-refractivity contribution in [2.75, 3.05) is 6.61 Å². The van der Waals surface area contributed by atoms with E-state index in [0.717, 1.165) is 24.8 Å². The normalized spacial score (nSPS) is 18.5. The molecule has 1 N–H and O–H groups in total. The van der Waals surface area contributed by atoms with E-state index in [4.69, 9.17) is 9.47 Å². The highest BCUT2D eigenvalue weighted by Gasteiger charge is 2.17. The van der Waals surface area contributed by atoms with Crippen LogP contribution >= 0.6 is 0 Å². The van der Waals surface area contributed by atoms with Crippen molar-refractivity contribution in [2.45, 2.75) is 25.6 Å². The Morgan fingerprint density at radius 3 is 2.82 bits per heavy atom. The van der Waals surface area contributed by atoms with Crippen molar-refractivity contribution >= 4 is 12.2 Å². The third-order valence-corrected chi connectivity index (χ3v) is 3.41. The van der Waals surface area contributed by atoms with E-state index in [2.05, 4.69) is 9.97 Å². The first-order valence-corrected chi connectivity index (χ1v) is 7.42. The summed E-state index contributed by atoms with van der Waals surface area (Å²) >= 11 is 0. The Labute approximate surface area is 128 Å². The zero-order chi connectivity index (χ0) is 15.2. The lowest BCUT2D eigenvalue weighted by Crippen LogP contribution is -2.27. The smallest absolute Gasteiger partial charge is 0.315 e. The molecule has 1 atom stereocenters. The first-order chi connectivity index (χ1) is 10.8. The second kappa shape index (κ2) is 7.04. The summed E-state index contributed by atoms with van der Waals surface area (Å²) in [5.41, 5.74) is 0.654. The number of aromatic nitrogens is 2. The summed E-state index contributed by atoms with van der Waals surface area (Å²) in [5.74, 6) is 0.689. The maximum Gasteiger partial charge on any atom is 0.315 e. The van der Waals surface area contributed by atoms with Gasteiger partial charge >= 0.3 is 5.56 Å². The van der Waals surface area contributed by atoms with Gasteiger partial charge in [-0.25, -0.2) is 0 Å². The Kier molecular flexibility index (Phi) is 4.65. The van der Waals surface area contributed by atoms with Crippen molar-refractivity contribution in [1.29, 1.82) is 0 Å². The van der Waals surface area contributed by atoms with Crippen LogP contribution < -0.4 is 10.3 Å².